The molecule has 8 heteroatoms. The zero-order chi connectivity index (χ0) is 15.3. The molecule has 1 aromatic carbocycles. The Morgan fingerprint density at radius 2 is 2.10 bits per heavy atom. The molecule has 0 saturated carbocycles. The molecule has 1 unspecified atom stereocenters. The summed E-state index contributed by atoms with van der Waals surface area (Å²) in [5.41, 5.74) is -0.0818. The van der Waals surface area contributed by atoms with Crippen LogP contribution in [-0.2, 0) is 11.2 Å². The smallest absolute Gasteiger partial charge is 0.479 e. The van der Waals surface area contributed by atoms with E-state index in [1.807, 2.05) is 6.07 Å². The number of aliphatic carboxylic acids is 1. The number of halogens is 3. The second kappa shape index (κ2) is 6.25. The van der Waals surface area contributed by atoms with E-state index in [9.17, 15) is 23.1 Å². The summed E-state index contributed by atoms with van der Waals surface area (Å²) in [6, 6.07) is 5.12. The van der Waals surface area contributed by atoms with Gasteiger partial charge in [-0.3, -0.25) is 0 Å². The Balaban J connectivity index is 3.16. The van der Waals surface area contributed by atoms with E-state index in [4.69, 9.17) is 10.4 Å². The summed E-state index contributed by atoms with van der Waals surface area (Å²) in [5.74, 6) is -2.48. The van der Waals surface area contributed by atoms with Gasteiger partial charge in [-0.25, -0.2) is 4.79 Å². The second-order valence-electron chi connectivity index (χ2n) is 3.82. The Morgan fingerprint density at radius 1 is 1.45 bits per heavy atom. The molecular weight excluding hydrogens is 279 g/mol. The van der Waals surface area contributed by atoms with Gasteiger partial charge >= 0.3 is 12.3 Å². The van der Waals surface area contributed by atoms with Crippen molar-refractivity contribution in [1.29, 1.82) is 5.26 Å². The van der Waals surface area contributed by atoms with Crippen molar-refractivity contribution >= 4 is 5.97 Å². The zero-order valence-electron chi connectivity index (χ0n) is 10.0. The topological polar surface area (TPSA) is 90.5 Å². The van der Waals surface area contributed by atoms with Crippen molar-refractivity contribution in [1.82, 2.24) is 0 Å². The standard InChI is InChI=1S/C12H10F3NO4/c13-12(14,15)20-9-4-3-7(2-1-5-16)6-8(9)10(17)11(18)19/h3-4,6,10,17H,1-2H2,(H,18,19). The van der Waals surface area contributed by atoms with Crippen LogP contribution in [0.3, 0.4) is 0 Å². The van der Waals surface area contributed by atoms with Crippen LogP contribution in [0.15, 0.2) is 18.2 Å². The number of nitriles is 1. The second-order valence-corrected chi connectivity index (χ2v) is 3.82. The molecule has 0 aliphatic heterocycles. The zero-order valence-corrected chi connectivity index (χ0v) is 10.0. The molecule has 0 heterocycles. The van der Waals surface area contributed by atoms with E-state index >= 15 is 0 Å². The molecule has 0 fully saturated rings. The highest BCUT2D eigenvalue weighted by Gasteiger charge is 2.33. The number of carboxylic acid groups (broad SMARTS) is 1. The van der Waals surface area contributed by atoms with Crippen LogP contribution >= 0.6 is 0 Å². The maximum absolute atomic E-state index is 12.2. The lowest BCUT2D eigenvalue weighted by Gasteiger charge is -2.16. The molecule has 0 aliphatic rings. The molecule has 0 aliphatic carbocycles. The lowest BCUT2D eigenvalue weighted by Crippen LogP contribution is -2.20. The fourth-order valence-corrected chi connectivity index (χ4v) is 1.52. The lowest BCUT2D eigenvalue weighted by atomic mass is 10.0. The summed E-state index contributed by atoms with van der Waals surface area (Å²) in [6.45, 7) is 0. The Labute approximate surface area is 111 Å². The molecule has 1 aromatic rings. The average molecular weight is 289 g/mol. The number of aryl methyl sites for hydroxylation is 1. The fraction of sp³-hybridized carbons (Fsp3) is 0.333. The largest absolute Gasteiger partial charge is 0.573 e. The highest BCUT2D eigenvalue weighted by Crippen LogP contribution is 2.31. The van der Waals surface area contributed by atoms with Crippen molar-refractivity contribution < 1.29 is 32.9 Å². The number of alkyl halides is 3. The molecule has 20 heavy (non-hydrogen) atoms. The van der Waals surface area contributed by atoms with E-state index in [0.29, 0.717) is 5.56 Å². The molecule has 0 aromatic heterocycles. The Morgan fingerprint density at radius 3 is 2.60 bits per heavy atom. The van der Waals surface area contributed by atoms with Gasteiger partial charge in [-0.2, -0.15) is 5.26 Å². The number of rotatable bonds is 5. The quantitative estimate of drug-likeness (QED) is 0.866. The van der Waals surface area contributed by atoms with Gasteiger partial charge in [0.15, 0.2) is 6.10 Å². The summed E-state index contributed by atoms with van der Waals surface area (Å²) >= 11 is 0. The summed E-state index contributed by atoms with van der Waals surface area (Å²) in [6.07, 6.45) is -6.81. The lowest BCUT2D eigenvalue weighted by molar-refractivity contribution is -0.275. The Hall–Kier alpha value is -2.27. The summed E-state index contributed by atoms with van der Waals surface area (Å²) in [5, 5.41) is 26.5. The number of carboxylic acids is 1. The van der Waals surface area contributed by atoms with Crippen molar-refractivity contribution in [2.45, 2.75) is 25.3 Å². The molecule has 0 spiro atoms. The number of hydrogen-bond donors (Lipinski definition) is 2. The minimum absolute atomic E-state index is 0.113. The maximum Gasteiger partial charge on any atom is 0.573 e. The van der Waals surface area contributed by atoms with E-state index in [1.165, 1.54) is 6.07 Å². The van der Waals surface area contributed by atoms with E-state index in [-0.39, 0.29) is 12.8 Å². The number of nitrogens with zero attached hydrogens (tertiary/aromatic N) is 1. The van der Waals surface area contributed by atoms with Gasteiger partial charge in [0.2, 0.25) is 0 Å². The third-order valence-corrected chi connectivity index (χ3v) is 2.35. The highest BCUT2D eigenvalue weighted by atomic mass is 19.4. The molecule has 1 rings (SSSR count). The van der Waals surface area contributed by atoms with Crippen molar-refractivity contribution in [2.75, 3.05) is 0 Å². The van der Waals surface area contributed by atoms with Gasteiger partial charge in [-0.1, -0.05) is 6.07 Å². The molecule has 0 amide bonds. The van der Waals surface area contributed by atoms with E-state index < -0.39 is 29.7 Å². The predicted octanol–water partition coefficient (Wildman–Crippen LogP) is 2.16. The number of benzene rings is 1. The maximum atomic E-state index is 12.2. The van der Waals surface area contributed by atoms with Gasteiger partial charge in [0, 0.05) is 12.0 Å². The van der Waals surface area contributed by atoms with Crippen molar-refractivity contribution in [3.63, 3.8) is 0 Å². The van der Waals surface area contributed by atoms with E-state index in [1.54, 1.807) is 0 Å². The molecule has 0 saturated heterocycles. The van der Waals surface area contributed by atoms with Crippen LogP contribution in [0.25, 0.3) is 0 Å². The first-order valence-electron chi connectivity index (χ1n) is 5.41. The van der Waals surface area contributed by atoms with Crippen molar-refractivity contribution in [3.05, 3.63) is 29.3 Å². The van der Waals surface area contributed by atoms with Crippen molar-refractivity contribution in [3.8, 4) is 11.8 Å². The third-order valence-electron chi connectivity index (χ3n) is 2.35. The Bertz CT molecular complexity index is 536. The van der Waals surface area contributed by atoms with Crippen LogP contribution < -0.4 is 4.74 Å². The number of aliphatic hydroxyl groups is 1. The summed E-state index contributed by atoms with van der Waals surface area (Å²) in [7, 11) is 0. The first-order chi connectivity index (χ1) is 9.24. The van der Waals surface area contributed by atoms with Crippen LogP contribution in [0.1, 0.15) is 23.7 Å². The first kappa shape index (κ1) is 15.8. The fourth-order valence-electron chi connectivity index (χ4n) is 1.52. The van der Waals surface area contributed by atoms with Crippen LogP contribution in [0, 0.1) is 11.3 Å². The average Bonchev–Trinajstić information content (AvgIpc) is 2.34. The molecule has 1 atom stereocenters. The number of aliphatic hydroxyl groups excluding tert-OH is 1. The normalized spacial score (nSPS) is 12.6. The van der Waals surface area contributed by atoms with Gasteiger partial charge < -0.3 is 14.9 Å². The SMILES string of the molecule is N#CCCc1ccc(OC(F)(F)F)c(C(O)C(=O)O)c1. The van der Waals surface area contributed by atoms with Crippen molar-refractivity contribution in [2.24, 2.45) is 0 Å². The van der Waals surface area contributed by atoms with Crippen LogP contribution in [0.5, 0.6) is 5.75 Å². The number of ether oxygens (including phenoxy) is 1. The third kappa shape index (κ3) is 4.44. The van der Waals surface area contributed by atoms with Gasteiger partial charge in [0.05, 0.1) is 6.07 Å². The number of carbonyl (C=O) groups is 1. The molecule has 108 valence electrons. The molecule has 5 nitrogen and oxygen atoms in total. The van der Waals surface area contributed by atoms with Crippen LogP contribution in [-0.4, -0.2) is 22.5 Å². The van der Waals surface area contributed by atoms with Gasteiger partial charge in [0.25, 0.3) is 0 Å². The van der Waals surface area contributed by atoms with Crippen LogP contribution in [0.2, 0.25) is 0 Å². The van der Waals surface area contributed by atoms with Gasteiger partial charge in [-0.15, -0.1) is 13.2 Å². The predicted molar refractivity (Wildman–Crippen MR) is 59.7 cm³/mol. The summed E-state index contributed by atoms with van der Waals surface area (Å²) in [4.78, 5) is 10.7. The minimum Gasteiger partial charge on any atom is -0.479 e. The van der Waals surface area contributed by atoms with E-state index in [2.05, 4.69) is 4.74 Å². The highest BCUT2D eigenvalue weighted by molar-refractivity contribution is 5.75. The first-order valence-corrected chi connectivity index (χ1v) is 5.41. The van der Waals surface area contributed by atoms with Gasteiger partial charge in [-0.05, 0) is 24.1 Å². The van der Waals surface area contributed by atoms with E-state index in [0.717, 1.165) is 12.1 Å². The van der Waals surface area contributed by atoms with Crippen LogP contribution in [0.4, 0.5) is 13.2 Å². The van der Waals surface area contributed by atoms with Gasteiger partial charge in [0.1, 0.15) is 5.75 Å². The molecule has 2 N–H and O–H groups in total. The summed E-state index contributed by atoms with van der Waals surface area (Å²) < 4.78 is 40.3. The minimum atomic E-state index is -5.00. The monoisotopic (exact) mass is 289 g/mol. The number of hydrogen-bond acceptors (Lipinski definition) is 4. The molecular formula is C12H10F3NO4. The molecule has 0 radical (unpaired) electrons. The Kier molecular flexibility index (Phi) is 4.94. The molecule has 0 bridgehead atoms.